The van der Waals surface area contributed by atoms with Gasteiger partial charge >= 0.3 is 0 Å². The number of rotatable bonds is 1. The third-order valence-electron chi connectivity index (χ3n) is 1.26. The first-order chi connectivity index (χ1) is 5.65. The van der Waals surface area contributed by atoms with E-state index in [4.69, 9.17) is 0 Å². The van der Waals surface area contributed by atoms with Crippen molar-refractivity contribution in [3.63, 3.8) is 0 Å². The van der Waals surface area contributed by atoms with Crippen molar-refractivity contribution in [1.82, 2.24) is 10.3 Å². The van der Waals surface area contributed by atoms with Gasteiger partial charge in [0.1, 0.15) is 10.3 Å². The van der Waals surface area contributed by atoms with Crippen molar-refractivity contribution in [3.05, 3.63) is 28.2 Å². The van der Waals surface area contributed by atoms with Gasteiger partial charge in [0.15, 0.2) is 5.82 Å². The summed E-state index contributed by atoms with van der Waals surface area (Å²) >= 11 is 2.88. The Morgan fingerprint density at radius 1 is 1.67 bits per heavy atom. The van der Waals surface area contributed by atoms with E-state index in [1.54, 1.807) is 0 Å². The van der Waals surface area contributed by atoms with E-state index in [0.29, 0.717) is 0 Å². The lowest BCUT2D eigenvalue weighted by molar-refractivity contribution is 0.0958. The molecule has 0 atom stereocenters. The number of nitrogens with one attached hydrogen (secondary N) is 1. The number of carbonyl (C=O) groups is 1. The molecule has 0 radical (unpaired) electrons. The van der Waals surface area contributed by atoms with Gasteiger partial charge in [0.2, 0.25) is 0 Å². The highest BCUT2D eigenvalue weighted by atomic mass is 79.9. The van der Waals surface area contributed by atoms with Gasteiger partial charge in [-0.2, -0.15) is 0 Å². The van der Waals surface area contributed by atoms with Crippen molar-refractivity contribution >= 4 is 21.8 Å². The fourth-order valence-electron chi connectivity index (χ4n) is 0.672. The molecule has 64 valence electrons. The molecule has 0 fully saturated rings. The highest BCUT2D eigenvalue weighted by molar-refractivity contribution is 9.10. The van der Waals surface area contributed by atoms with E-state index in [9.17, 15) is 9.18 Å². The van der Waals surface area contributed by atoms with Gasteiger partial charge in [-0.1, -0.05) is 0 Å². The number of nitrogens with zero attached hydrogens (tertiary/aromatic N) is 1. The lowest BCUT2D eigenvalue weighted by Crippen LogP contribution is -2.19. The Balaban J connectivity index is 3.05. The average Bonchev–Trinajstić information content (AvgIpc) is 2.08. The number of hydrogen-bond acceptors (Lipinski definition) is 2. The maximum absolute atomic E-state index is 12.6. The van der Waals surface area contributed by atoms with Crippen LogP contribution in [0.3, 0.4) is 0 Å². The van der Waals surface area contributed by atoms with Crippen LogP contribution in [0, 0.1) is 5.82 Å². The second-order valence-electron chi connectivity index (χ2n) is 2.05. The lowest BCUT2D eigenvalue weighted by atomic mass is 10.3. The van der Waals surface area contributed by atoms with Gasteiger partial charge < -0.3 is 5.32 Å². The zero-order valence-electron chi connectivity index (χ0n) is 6.27. The molecule has 0 aliphatic heterocycles. The molecule has 0 spiro atoms. The van der Waals surface area contributed by atoms with E-state index in [-0.39, 0.29) is 16.2 Å². The van der Waals surface area contributed by atoms with Crippen LogP contribution in [-0.2, 0) is 0 Å². The van der Waals surface area contributed by atoms with E-state index in [2.05, 4.69) is 26.2 Å². The van der Waals surface area contributed by atoms with Crippen LogP contribution in [0.5, 0.6) is 0 Å². The van der Waals surface area contributed by atoms with Gasteiger partial charge in [-0.05, 0) is 28.1 Å². The molecule has 0 aliphatic rings. The molecule has 0 saturated heterocycles. The van der Waals surface area contributed by atoms with Crippen LogP contribution < -0.4 is 5.32 Å². The van der Waals surface area contributed by atoms with Crippen LogP contribution in [0.2, 0.25) is 0 Å². The predicted octanol–water partition coefficient (Wildman–Crippen LogP) is 1.34. The summed E-state index contributed by atoms with van der Waals surface area (Å²) in [5, 5.41) is 2.38. The molecular weight excluding hydrogens is 227 g/mol. The third kappa shape index (κ3) is 1.79. The lowest BCUT2D eigenvalue weighted by Gasteiger charge is -1.99. The van der Waals surface area contributed by atoms with Crippen LogP contribution in [0.25, 0.3) is 0 Å². The molecule has 0 saturated carbocycles. The summed E-state index contributed by atoms with van der Waals surface area (Å²) < 4.78 is 12.7. The summed E-state index contributed by atoms with van der Waals surface area (Å²) in [7, 11) is 1.49. The second kappa shape index (κ2) is 3.62. The predicted molar refractivity (Wildman–Crippen MR) is 45.3 cm³/mol. The topological polar surface area (TPSA) is 42.0 Å². The molecule has 1 N–H and O–H groups in total. The highest BCUT2D eigenvalue weighted by Crippen LogP contribution is 2.11. The van der Waals surface area contributed by atoms with Crippen LogP contribution in [-0.4, -0.2) is 17.9 Å². The molecule has 0 bridgehead atoms. The number of halogens is 2. The SMILES string of the molecule is CNC(=O)c1ccc(F)c(Br)n1. The molecular formula is C7H6BrFN2O. The van der Waals surface area contributed by atoms with Crippen LogP contribution in [0.1, 0.15) is 10.5 Å². The van der Waals surface area contributed by atoms with Gasteiger partial charge in [-0.25, -0.2) is 9.37 Å². The number of hydrogen-bond donors (Lipinski definition) is 1. The van der Waals surface area contributed by atoms with Crippen molar-refractivity contribution in [3.8, 4) is 0 Å². The molecule has 0 aromatic carbocycles. The number of carbonyl (C=O) groups excluding carboxylic acids is 1. The Hall–Kier alpha value is -0.970. The summed E-state index contributed by atoms with van der Waals surface area (Å²) in [5.74, 6) is -0.821. The monoisotopic (exact) mass is 232 g/mol. The molecule has 1 rings (SSSR count). The normalized spacial score (nSPS) is 9.58. The molecule has 12 heavy (non-hydrogen) atoms. The largest absolute Gasteiger partial charge is 0.354 e. The van der Waals surface area contributed by atoms with Crippen molar-refractivity contribution < 1.29 is 9.18 Å². The third-order valence-corrected chi connectivity index (χ3v) is 1.82. The van der Waals surface area contributed by atoms with Crippen LogP contribution in [0.15, 0.2) is 16.7 Å². The average molecular weight is 233 g/mol. The maximum Gasteiger partial charge on any atom is 0.269 e. The van der Waals surface area contributed by atoms with E-state index in [1.807, 2.05) is 0 Å². The molecule has 1 aromatic heterocycles. The Morgan fingerprint density at radius 2 is 2.33 bits per heavy atom. The molecule has 0 unspecified atom stereocenters. The summed E-state index contributed by atoms with van der Waals surface area (Å²) in [6.45, 7) is 0. The summed E-state index contributed by atoms with van der Waals surface area (Å²) in [6, 6.07) is 2.50. The van der Waals surface area contributed by atoms with Gasteiger partial charge in [-0.3, -0.25) is 4.79 Å². The summed E-state index contributed by atoms with van der Waals surface area (Å²) in [4.78, 5) is 14.6. The van der Waals surface area contributed by atoms with E-state index in [1.165, 1.54) is 19.2 Å². The van der Waals surface area contributed by atoms with Crippen LogP contribution >= 0.6 is 15.9 Å². The van der Waals surface area contributed by atoms with Crippen molar-refractivity contribution in [1.29, 1.82) is 0 Å². The van der Waals surface area contributed by atoms with Crippen molar-refractivity contribution in [2.75, 3.05) is 7.05 Å². The van der Waals surface area contributed by atoms with Gasteiger partial charge in [0, 0.05) is 7.05 Å². The minimum absolute atomic E-state index is 0.0450. The van der Waals surface area contributed by atoms with Crippen LogP contribution in [0.4, 0.5) is 4.39 Å². The minimum Gasteiger partial charge on any atom is -0.354 e. The second-order valence-corrected chi connectivity index (χ2v) is 2.80. The minimum atomic E-state index is -0.484. The number of aromatic nitrogens is 1. The zero-order valence-corrected chi connectivity index (χ0v) is 7.85. The molecule has 1 aromatic rings. The van der Waals surface area contributed by atoms with E-state index in [0.717, 1.165) is 0 Å². The smallest absolute Gasteiger partial charge is 0.269 e. The Labute approximate surface area is 77.1 Å². The number of amides is 1. The summed E-state index contributed by atoms with van der Waals surface area (Å²) in [5.41, 5.74) is 0.186. The quantitative estimate of drug-likeness (QED) is 0.743. The van der Waals surface area contributed by atoms with E-state index >= 15 is 0 Å². The first kappa shape index (κ1) is 9.12. The van der Waals surface area contributed by atoms with Gasteiger partial charge in [0.25, 0.3) is 5.91 Å². The van der Waals surface area contributed by atoms with Gasteiger partial charge in [-0.15, -0.1) is 0 Å². The standard InChI is InChI=1S/C7H6BrFN2O/c1-10-7(12)5-3-2-4(9)6(8)11-5/h2-3H,1H3,(H,10,12). The Kier molecular flexibility index (Phi) is 2.75. The van der Waals surface area contributed by atoms with Gasteiger partial charge in [0.05, 0.1) is 0 Å². The van der Waals surface area contributed by atoms with Crippen molar-refractivity contribution in [2.24, 2.45) is 0 Å². The molecule has 1 amide bonds. The maximum atomic E-state index is 12.6. The van der Waals surface area contributed by atoms with E-state index < -0.39 is 5.82 Å². The zero-order chi connectivity index (χ0) is 9.14. The Morgan fingerprint density at radius 3 is 2.83 bits per heavy atom. The highest BCUT2D eigenvalue weighted by Gasteiger charge is 2.07. The summed E-state index contributed by atoms with van der Waals surface area (Å²) in [6.07, 6.45) is 0. The van der Waals surface area contributed by atoms with Crippen molar-refractivity contribution in [2.45, 2.75) is 0 Å². The molecule has 3 nitrogen and oxygen atoms in total. The fourth-order valence-corrected chi connectivity index (χ4v) is 0.995. The first-order valence-corrected chi connectivity index (χ1v) is 3.98. The molecule has 0 aliphatic carbocycles. The molecule has 5 heteroatoms. The first-order valence-electron chi connectivity index (χ1n) is 3.19. The molecule has 1 heterocycles. The number of pyridine rings is 1. The fraction of sp³-hybridized carbons (Fsp3) is 0.143. The Bertz CT molecular complexity index is 316.